The number of nitrogens with zero attached hydrogens (tertiary/aromatic N) is 3. The van der Waals surface area contributed by atoms with Crippen LogP contribution in [0.4, 0.5) is 0 Å². The number of methoxy groups -OCH3 is 2. The summed E-state index contributed by atoms with van der Waals surface area (Å²) < 4.78 is 11.4. The molecule has 1 aromatic carbocycles. The lowest BCUT2D eigenvalue weighted by Crippen LogP contribution is -2.38. The predicted molar refractivity (Wildman–Crippen MR) is 103 cm³/mol. The van der Waals surface area contributed by atoms with Gasteiger partial charge in [0.2, 0.25) is 0 Å². The highest BCUT2D eigenvalue weighted by Crippen LogP contribution is 2.39. The Kier molecular flexibility index (Phi) is 5.08. The first-order chi connectivity index (χ1) is 13.1. The number of ether oxygens (including phenoxy) is 2. The number of halogens is 1. The van der Waals surface area contributed by atoms with Gasteiger partial charge in [0, 0.05) is 30.5 Å². The Bertz CT molecular complexity index is 816. The molecule has 0 spiro atoms. The smallest absolute Gasteiger partial charge is 0.254 e. The maximum atomic E-state index is 13.0. The van der Waals surface area contributed by atoms with Crippen molar-refractivity contribution in [3.05, 3.63) is 33.8 Å². The van der Waals surface area contributed by atoms with E-state index < -0.39 is 0 Å². The summed E-state index contributed by atoms with van der Waals surface area (Å²) in [5.41, 5.74) is 0.570. The van der Waals surface area contributed by atoms with Crippen LogP contribution in [-0.2, 0) is 0 Å². The lowest BCUT2D eigenvalue weighted by Gasteiger charge is -2.31. The standard InChI is InChI=1S/C19H23BrN4O3/c1-26-14-9-13(10-15(27-2)16(14)20)19(25)24-7-5-12(6-8-24)18-21-17(22-23-18)11-3-4-11/h9-12H,3-8H2,1-2H3,(H,21,22,23). The molecule has 27 heavy (non-hydrogen) atoms. The highest BCUT2D eigenvalue weighted by atomic mass is 79.9. The molecule has 1 saturated carbocycles. The lowest BCUT2D eigenvalue weighted by molar-refractivity contribution is 0.0710. The second-order valence-electron chi connectivity index (χ2n) is 7.11. The van der Waals surface area contributed by atoms with Gasteiger partial charge in [-0.1, -0.05) is 0 Å². The first-order valence-corrected chi connectivity index (χ1v) is 10.0. The Morgan fingerprint density at radius 1 is 1.11 bits per heavy atom. The maximum Gasteiger partial charge on any atom is 0.254 e. The molecule has 1 aliphatic heterocycles. The van der Waals surface area contributed by atoms with Crippen molar-refractivity contribution >= 4 is 21.8 Å². The van der Waals surface area contributed by atoms with Crippen LogP contribution in [0.2, 0.25) is 0 Å². The Hall–Kier alpha value is -2.09. The number of carbonyl (C=O) groups excluding carboxylic acids is 1. The molecule has 0 atom stereocenters. The Balaban J connectivity index is 1.43. The predicted octanol–water partition coefficient (Wildman–Crippen LogP) is 3.48. The minimum atomic E-state index is -0.00575. The quantitative estimate of drug-likeness (QED) is 0.778. The number of nitrogens with one attached hydrogen (secondary N) is 1. The van der Waals surface area contributed by atoms with Crippen LogP contribution in [0.15, 0.2) is 16.6 Å². The van der Waals surface area contributed by atoms with Crippen LogP contribution >= 0.6 is 15.9 Å². The number of rotatable bonds is 5. The van der Waals surface area contributed by atoms with Crippen molar-refractivity contribution in [3.63, 3.8) is 0 Å². The molecule has 8 heteroatoms. The molecule has 2 aliphatic rings. The van der Waals surface area contributed by atoms with Crippen LogP contribution in [0, 0.1) is 0 Å². The third-order valence-corrected chi connectivity index (χ3v) is 6.11. The van der Waals surface area contributed by atoms with Crippen LogP contribution in [0.5, 0.6) is 11.5 Å². The molecule has 1 N–H and O–H groups in total. The molecule has 2 aromatic rings. The van der Waals surface area contributed by atoms with E-state index in [2.05, 4.69) is 31.1 Å². The van der Waals surface area contributed by atoms with E-state index in [9.17, 15) is 4.79 Å². The topological polar surface area (TPSA) is 80.3 Å². The number of aromatic amines is 1. The average molecular weight is 435 g/mol. The minimum Gasteiger partial charge on any atom is -0.495 e. The van der Waals surface area contributed by atoms with E-state index in [1.807, 2.05) is 4.90 Å². The number of likely N-dealkylation sites (tertiary alicyclic amines) is 1. The van der Waals surface area contributed by atoms with E-state index in [0.29, 0.717) is 46.5 Å². The molecule has 0 bridgehead atoms. The van der Waals surface area contributed by atoms with Gasteiger partial charge < -0.3 is 14.4 Å². The van der Waals surface area contributed by atoms with E-state index in [-0.39, 0.29) is 5.91 Å². The van der Waals surface area contributed by atoms with Gasteiger partial charge in [0.15, 0.2) is 5.82 Å². The number of amides is 1. The van der Waals surface area contributed by atoms with Gasteiger partial charge in [-0.15, -0.1) is 0 Å². The number of hydrogen-bond donors (Lipinski definition) is 1. The SMILES string of the molecule is COc1cc(C(=O)N2CCC(c3nc(C4CC4)n[nH]3)CC2)cc(OC)c1Br. The highest BCUT2D eigenvalue weighted by Gasteiger charge is 2.31. The first kappa shape index (κ1) is 18.3. The summed E-state index contributed by atoms with van der Waals surface area (Å²) in [4.78, 5) is 19.5. The van der Waals surface area contributed by atoms with Crippen LogP contribution in [0.1, 0.15) is 59.5 Å². The second kappa shape index (κ2) is 7.50. The van der Waals surface area contributed by atoms with E-state index in [1.54, 1.807) is 26.4 Å². The molecule has 144 valence electrons. The average Bonchev–Trinajstić information content (AvgIpc) is 3.44. The fourth-order valence-corrected chi connectivity index (χ4v) is 4.08. The van der Waals surface area contributed by atoms with Gasteiger partial charge in [-0.05, 0) is 53.7 Å². The highest BCUT2D eigenvalue weighted by molar-refractivity contribution is 9.10. The summed E-state index contributed by atoms with van der Waals surface area (Å²) in [6.45, 7) is 1.40. The minimum absolute atomic E-state index is 0.00575. The van der Waals surface area contributed by atoms with E-state index in [4.69, 9.17) is 9.47 Å². The van der Waals surface area contributed by atoms with Gasteiger partial charge in [0.25, 0.3) is 5.91 Å². The number of piperidine rings is 1. The summed E-state index contributed by atoms with van der Waals surface area (Å²) in [6.07, 6.45) is 4.17. The molecule has 4 rings (SSSR count). The van der Waals surface area contributed by atoms with Crippen molar-refractivity contribution < 1.29 is 14.3 Å². The molecule has 2 fully saturated rings. The lowest BCUT2D eigenvalue weighted by atomic mass is 9.95. The number of H-pyrrole nitrogens is 1. The van der Waals surface area contributed by atoms with Gasteiger partial charge in [-0.3, -0.25) is 9.89 Å². The fourth-order valence-electron chi connectivity index (χ4n) is 3.53. The van der Waals surface area contributed by atoms with Crippen molar-refractivity contribution in [2.24, 2.45) is 0 Å². The van der Waals surface area contributed by atoms with E-state index >= 15 is 0 Å². The summed E-state index contributed by atoms with van der Waals surface area (Å²) in [6, 6.07) is 3.50. The van der Waals surface area contributed by atoms with Crippen LogP contribution < -0.4 is 9.47 Å². The maximum absolute atomic E-state index is 13.0. The molecular weight excluding hydrogens is 412 g/mol. The number of carbonyl (C=O) groups is 1. The van der Waals surface area contributed by atoms with Crippen LogP contribution in [-0.4, -0.2) is 53.3 Å². The number of hydrogen-bond acceptors (Lipinski definition) is 5. The Morgan fingerprint density at radius 3 is 2.30 bits per heavy atom. The van der Waals surface area contributed by atoms with E-state index in [0.717, 1.165) is 24.5 Å². The van der Waals surface area contributed by atoms with Gasteiger partial charge in [-0.25, -0.2) is 4.98 Å². The number of benzene rings is 1. The second-order valence-corrected chi connectivity index (χ2v) is 7.91. The summed E-state index contributed by atoms with van der Waals surface area (Å²) in [5.74, 6) is 3.98. The van der Waals surface area contributed by atoms with Crippen LogP contribution in [0.25, 0.3) is 0 Å². The van der Waals surface area contributed by atoms with Gasteiger partial charge in [0.1, 0.15) is 21.8 Å². The van der Waals surface area contributed by atoms with E-state index in [1.165, 1.54) is 12.8 Å². The monoisotopic (exact) mass is 434 g/mol. The molecule has 1 saturated heterocycles. The number of aromatic nitrogens is 3. The molecule has 0 radical (unpaired) electrons. The summed E-state index contributed by atoms with van der Waals surface area (Å²) in [5, 5.41) is 7.46. The van der Waals surface area contributed by atoms with Crippen molar-refractivity contribution in [1.29, 1.82) is 0 Å². The first-order valence-electron chi connectivity index (χ1n) is 9.23. The zero-order chi connectivity index (χ0) is 19.0. The third kappa shape index (κ3) is 3.67. The molecule has 0 unspecified atom stereocenters. The third-order valence-electron chi connectivity index (χ3n) is 5.32. The van der Waals surface area contributed by atoms with Crippen LogP contribution in [0.3, 0.4) is 0 Å². The zero-order valence-electron chi connectivity index (χ0n) is 15.5. The van der Waals surface area contributed by atoms with Crippen molar-refractivity contribution in [3.8, 4) is 11.5 Å². The molecular formula is C19H23BrN4O3. The summed E-state index contributed by atoms with van der Waals surface area (Å²) in [7, 11) is 3.15. The van der Waals surface area contributed by atoms with Gasteiger partial charge in [0.05, 0.1) is 14.2 Å². The van der Waals surface area contributed by atoms with Crippen molar-refractivity contribution in [2.45, 2.75) is 37.5 Å². The fraction of sp³-hybridized carbons (Fsp3) is 0.526. The molecule has 1 aliphatic carbocycles. The summed E-state index contributed by atoms with van der Waals surface area (Å²) >= 11 is 3.44. The van der Waals surface area contributed by atoms with Crippen molar-refractivity contribution in [2.75, 3.05) is 27.3 Å². The molecule has 2 heterocycles. The zero-order valence-corrected chi connectivity index (χ0v) is 17.1. The normalized spacial score (nSPS) is 17.8. The van der Waals surface area contributed by atoms with Gasteiger partial charge >= 0.3 is 0 Å². The molecule has 7 nitrogen and oxygen atoms in total. The Morgan fingerprint density at radius 2 is 1.74 bits per heavy atom. The largest absolute Gasteiger partial charge is 0.495 e. The van der Waals surface area contributed by atoms with Gasteiger partial charge in [-0.2, -0.15) is 5.10 Å². The van der Waals surface area contributed by atoms with Crippen molar-refractivity contribution in [1.82, 2.24) is 20.1 Å². The Labute approximate surface area is 166 Å². The molecule has 1 aromatic heterocycles. The molecule has 1 amide bonds.